The van der Waals surface area contributed by atoms with Gasteiger partial charge in [0.2, 0.25) is 0 Å². The number of hydrogen-bond donors (Lipinski definition) is 0. The van der Waals surface area contributed by atoms with Crippen LogP contribution >= 0.6 is 23.2 Å². The second-order valence-electron chi connectivity index (χ2n) is 8.44. The predicted molar refractivity (Wildman–Crippen MR) is 134 cm³/mol. The fraction of sp³-hybridized carbons (Fsp3) is 0.231. The zero-order valence-electron chi connectivity index (χ0n) is 19.2. The first-order valence-corrected chi connectivity index (χ1v) is 11.7. The molecule has 1 heterocycles. The lowest BCUT2D eigenvalue weighted by Gasteiger charge is -2.36. The number of benzene rings is 3. The molecular formula is C26H23Cl2F2N3O2. The highest BCUT2D eigenvalue weighted by molar-refractivity contribution is 6.34. The smallest absolute Gasteiger partial charge is 0.259 e. The lowest BCUT2D eigenvalue weighted by Crippen LogP contribution is -2.49. The van der Waals surface area contributed by atoms with E-state index in [1.54, 1.807) is 26.2 Å². The van der Waals surface area contributed by atoms with Crippen LogP contribution in [0.2, 0.25) is 10.0 Å². The molecule has 0 bridgehead atoms. The van der Waals surface area contributed by atoms with Crippen molar-refractivity contribution in [1.29, 1.82) is 0 Å². The summed E-state index contributed by atoms with van der Waals surface area (Å²) >= 11 is 12.9. The summed E-state index contributed by atoms with van der Waals surface area (Å²) in [5, 5.41) is 0.875. The summed E-state index contributed by atoms with van der Waals surface area (Å²) < 4.78 is 28.0. The van der Waals surface area contributed by atoms with Crippen LogP contribution in [0, 0.1) is 11.6 Å². The summed E-state index contributed by atoms with van der Waals surface area (Å²) in [4.78, 5) is 29.8. The molecule has 0 saturated carbocycles. The topological polar surface area (TPSA) is 43.9 Å². The Labute approximate surface area is 212 Å². The maximum Gasteiger partial charge on any atom is 0.259 e. The third-order valence-electron chi connectivity index (χ3n) is 5.97. The second-order valence-corrected chi connectivity index (χ2v) is 9.25. The van der Waals surface area contributed by atoms with Crippen molar-refractivity contribution >= 4 is 40.7 Å². The van der Waals surface area contributed by atoms with Gasteiger partial charge in [-0.3, -0.25) is 9.59 Å². The highest BCUT2D eigenvalue weighted by Gasteiger charge is 2.27. The Morgan fingerprint density at radius 3 is 1.94 bits per heavy atom. The van der Waals surface area contributed by atoms with Gasteiger partial charge in [0.25, 0.3) is 11.8 Å². The van der Waals surface area contributed by atoms with Crippen LogP contribution in [0.5, 0.6) is 0 Å². The summed E-state index contributed by atoms with van der Waals surface area (Å²) in [5.41, 5.74) is 2.35. The molecule has 4 rings (SSSR count). The van der Waals surface area contributed by atoms with Crippen LogP contribution in [0.15, 0.2) is 54.6 Å². The monoisotopic (exact) mass is 517 g/mol. The van der Waals surface area contributed by atoms with Crippen molar-refractivity contribution in [2.24, 2.45) is 0 Å². The number of carbonyl (C=O) groups is 2. The van der Waals surface area contributed by atoms with E-state index in [9.17, 15) is 18.4 Å². The maximum atomic E-state index is 14.0. The zero-order chi connectivity index (χ0) is 25.3. The Kier molecular flexibility index (Phi) is 7.28. The van der Waals surface area contributed by atoms with Crippen molar-refractivity contribution in [1.82, 2.24) is 9.80 Å². The fourth-order valence-electron chi connectivity index (χ4n) is 4.06. The van der Waals surface area contributed by atoms with E-state index in [0.717, 1.165) is 28.9 Å². The van der Waals surface area contributed by atoms with Crippen molar-refractivity contribution < 1.29 is 18.4 Å². The van der Waals surface area contributed by atoms with Crippen molar-refractivity contribution in [3.05, 3.63) is 87.4 Å². The van der Waals surface area contributed by atoms with Crippen LogP contribution in [0.3, 0.4) is 0 Å². The Bertz CT molecular complexity index is 1270. The van der Waals surface area contributed by atoms with E-state index in [0.29, 0.717) is 41.8 Å². The van der Waals surface area contributed by atoms with E-state index >= 15 is 0 Å². The Morgan fingerprint density at radius 1 is 0.829 bits per heavy atom. The molecule has 3 aromatic carbocycles. The van der Waals surface area contributed by atoms with E-state index in [2.05, 4.69) is 0 Å². The molecule has 5 nitrogen and oxygen atoms in total. The summed E-state index contributed by atoms with van der Waals surface area (Å²) in [6.45, 7) is 1.55. The third kappa shape index (κ3) is 5.11. The molecule has 0 radical (unpaired) electrons. The van der Waals surface area contributed by atoms with Crippen LogP contribution in [0.25, 0.3) is 11.1 Å². The highest BCUT2D eigenvalue weighted by Crippen LogP contribution is 2.33. The molecule has 182 valence electrons. The van der Waals surface area contributed by atoms with Gasteiger partial charge < -0.3 is 14.7 Å². The quantitative estimate of drug-likeness (QED) is 0.452. The van der Waals surface area contributed by atoms with Gasteiger partial charge in [0, 0.05) is 40.3 Å². The minimum absolute atomic E-state index is 0.176. The van der Waals surface area contributed by atoms with Crippen LogP contribution in [0.4, 0.5) is 14.5 Å². The summed E-state index contributed by atoms with van der Waals surface area (Å²) in [6, 6.07) is 14.2. The number of nitrogens with zero attached hydrogens (tertiary/aromatic N) is 3. The SMILES string of the molecule is CN(C)C(=O)c1ccc(-c2ccc(N3CCN(C(=O)c4c(F)cccc4F)CC3)c(Cl)c2)cc1Cl. The van der Waals surface area contributed by atoms with Gasteiger partial charge in [0.15, 0.2) is 0 Å². The molecule has 0 aromatic heterocycles. The largest absolute Gasteiger partial charge is 0.367 e. The molecule has 2 amide bonds. The summed E-state index contributed by atoms with van der Waals surface area (Å²) in [7, 11) is 3.33. The van der Waals surface area contributed by atoms with E-state index in [1.165, 1.54) is 15.9 Å². The first kappa shape index (κ1) is 24.9. The maximum absolute atomic E-state index is 14.0. The van der Waals surface area contributed by atoms with Crippen LogP contribution in [-0.2, 0) is 0 Å². The fourth-order valence-corrected chi connectivity index (χ4v) is 4.62. The van der Waals surface area contributed by atoms with E-state index in [4.69, 9.17) is 23.2 Å². The molecule has 0 N–H and O–H groups in total. The van der Waals surface area contributed by atoms with Crippen LogP contribution in [0.1, 0.15) is 20.7 Å². The number of carbonyl (C=O) groups excluding carboxylic acids is 2. The lowest BCUT2D eigenvalue weighted by molar-refractivity contribution is 0.0736. The molecule has 0 unspecified atom stereocenters. The minimum Gasteiger partial charge on any atom is -0.367 e. The number of rotatable bonds is 4. The normalized spacial score (nSPS) is 13.7. The zero-order valence-corrected chi connectivity index (χ0v) is 20.7. The average molecular weight is 518 g/mol. The Balaban J connectivity index is 1.47. The first-order chi connectivity index (χ1) is 16.7. The number of halogens is 4. The molecule has 9 heteroatoms. The van der Waals surface area contributed by atoms with Gasteiger partial charge in [0.1, 0.15) is 17.2 Å². The second kappa shape index (κ2) is 10.2. The lowest BCUT2D eigenvalue weighted by atomic mass is 10.0. The molecule has 1 fully saturated rings. The van der Waals surface area contributed by atoms with Gasteiger partial charge in [-0.1, -0.05) is 41.4 Å². The van der Waals surface area contributed by atoms with Crippen molar-refractivity contribution in [2.75, 3.05) is 45.2 Å². The number of anilines is 1. The molecule has 0 spiro atoms. The molecule has 3 aromatic rings. The van der Waals surface area contributed by atoms with Gasteiger partial charge >= 0.3 is 0 Å². The molecule has 1 aliphatic heterocycles. The molecule has 1 aliphatic rings. The van der Waals surface area contributed by atoms with E-state index < -0.39 is 23.1 Å². The first-order valence-electron chi connectivity index (χ1n) is 11.0. The molecule has 0 aliphatic carbocycles. The van der Waals surface area contributed by atoms with Gasteiger partial charge in [-0.25, -0.2) is 8.78 Å². The predicted octanol–water partition coefficient (Wildman–Crippen LogP) is 5.60. The molecule has 1 saturated heterocycles. The van der Waals surface area contributed by atoms with Gasteiger partial charge in [0.05, 0.1) is 21.3 Å². The van der Waals surface area contributed by atoms with Crippen molar-refractivity contribution in [3.63, 3.8) is 0 Å². The number of amides is 2. The van der Waals surface area contributed by atoms with E-state index in [-0.39, 0.29) is 5.91 Å². The number of piperazine rings is 1. The Morgan fingerprint density at radius 2 is 1.40 bits per heavy atom. The van der Waals surface area contributed by atoms with Crippen molar-refractivity contribution in [2.45, 2.75) is 0 Å². The van der Waals surface area contributed by atoms with Crippen LogP contribution < -0.4 is 4.90 Å². The van der Waals surface area contributed by atoms with Gasteiger partial charge in [-0.2, -0.15) is 0 Å². The average Bonchev–Trinajstić information content (AvgIpc) is 2.83. The third-order valence-corrected chi connectivity index (χ3v) is 6.59. The summed E-state index contributed by atoms with van der Waals surface area (Å²) in [5.74, 6) is -2.56. The van der Waals surface area contributed by atoms with E-state index in [1.807, 2.05) is 29.2 Å². The minimum atomic E-state index is -0.865. The van der Waals surface area contributed by atoms with Crippen LogP contribution in [-0.4, -0.2) is 61.9 Å². The molecular weight excluding hydrogens is 495 g/mol. The molecule has 0 atom stereocenters. The van der Waals surface area contributed by atoms with Gasteiger partial charge in [-0.05, 0) is 47.5 Å². The Hall–Kier alpha value is -3.16. The molecule has 35 heavy (non-hydrogen) atoms. The standard InChI is InChI=1S/C26H23Cl2F2N3O2/c1-31(2)25(34)18-8-6-16(14-19(18)27)17-7-9-23(20(28)15-17)32-10-12-33(13-11-32)26(35)24-21(29)4-3-5-22(24)30/h3-9,14-15H,10-13H2,1-2H3. The van der Waals surface area contributed by atoms with Gasteiger partial charge in [-0.15, -0.1) is 0 Å². The number of hydrogen-bond acceptors (Lipinski definition) is 3. The summed E-state index contributed by atoms with van der Waals surface area (Å²) in [6.07, 6.45) is 0. The highest BCUT2D eigenvalue weighted by atomic mass is 35.5. The van der Waals surface area contributed by atoms with Crippen molar-refractivity contribution in [3.8, 4) is 11.1 Å².